The summed E-state index contributed by atoms with van der Waals surface area (Å²) in [6.07, 6.45) is 4.43. The summed E-state index contributed by atoms with van der Waals surface area (Å²) in [4.78, 5) is 16.9. The maximum absolute atomic E-state index is 12.8. The molecule has 1 saturated heterocycles. The molecule has 0 bridgehead atoms. The topological polar surface area (TPSA) is 82.2 Å². The Balaban J connectivity index is 2.04. The normalized spacial score (nSPS) is 26.9. The van der Waals surface area contributed by atoms with E-state index < -0.39 is 5.41 Å². The first-order valence-corrected chi connectivity index (χ1v) is 7.41. The zero-order chi connectivity index (χ0) is 14.8. The number of hydrogen-bond donors (Lipinski definition) is 2. The molecule has 2 aliphatic rings. The third-order valence-electron chi connectivity index (χ3n) is 4.83. The van der Waals surface area contributed by atoms with Crippen LogP contribution in [0.25, 0.3) is 0 Å². The lowest BCUT2D eigenvalue weighted by atomic mass is 9.83. The monoisotopic (exact) mass is 282 g/mol. The van der Waals surface area contributed by atoms with Gasteiger partial charge in [-0.25, -0.2) is 0 Å². The fourth-order valence-corrected chi connectivity index (χ4v) is 3.66. The number of nitrogens with two attached hydrogens (primary N) is 1. The fraction of sp³-hybridized carbons (Fsp3) is 0.857. The van der Waals surface area contributed by atoms with Gasteiger partial charge in [0.1, 0.15) is 5.41 Å². The average molecular weight is 282 g/mol. The molecule has 0 spiro atoms. The van der Waals surface area contributed by atoms with Gasteiger partial charge in [-0.2, -0.15) is 0 Å². The summed E-state index contributed by atoms with van der Waals surface area (Å²) in [5.74, 6) is 0.620. The van der Waals surface area contributed by atoms with Crippen LogP contribution in [0.1, 0.15) is 32.1 Å². The highest BCUT2D eigenvalue weighted by Gasteiger charge is 2.47. The lowest BCUT2D eigenvalue weighted by Gasteiger charge is -2.32. The van der Waals surface area contributed by atoms with Gasteiger partial charge in [0.15, 0.2) is 5.84 Å². The minimum atomic E-state index is -0.770. The summed E-state index contributed by atoms with van der Waals surface area (Å²) in [6.45, 7) is 2.88. The molecule has 0 aromatic carbocycles. The summed E-state index contributed by atoms with van der Waals surface area (Å²) in [5, 5.41) is 12.1. The number of likely N-dealkylation sites (tertiary alicyclic amines) is 1. The lowest BCUT2D eigenvalue weighted by Crippen LogP contribution is -2.50. The van der Waals surface area contributed by atoms with Crippen LogP contribution in [0, 0.1) is 11.3 Å². The van der Waals surface area contributed by atoms with Crippen LogP contribution >= 0.6 is 0 Å². The molecule has 6 heteroatoms. The first kappa shape index (κ1) is 15.1. The molecule has 1 amide bonds. The lowest BCUT2D eigenvalue weighted by molar-refractivity contribution is -0.137. The Morgan fingerprint density at radius 2 is 2.15 bits per heavy atom. The van der Waals surface area contributed by atoms with E-state index in [1.54, 1.807) is 4.90 Å². The van der Waals surface area contributed by atoms with Crippen molar-refractivity contribution in [3.05, 3.63) is 0 Å². The molecule has 2 rings (SSSR count). The molecule has 2 fully saturated rings. The van der Waals surface area contributed by atoms with E-state index in [1.807, 2.05) is 7.05 Å². The van der Waals surface area contributed by atoms with Crippen molar-refractivity contribution in [1.29, 1.82) is 0 Å². The van der Waals surface area contributed by atoms with Gasteiger partial charge in [-0.15, -0.1) is 0 Å². The molecule has 1 saturated carbocycles. The van der Waals surface area contributed by atoms with E-state index >= 15 is 0 Å². The molecule has 3 N–H and O–H groups in total. The van der Waals surface area contributed by atoms with Crippen LogP contribution < -0.4 is 5.73 Å². The largest absolute Gasteiger partial charge is 0.409 e. The smallest absolute Gasteiger partial charge is 0.236 e. The molecule has 1 aliphatic heterocycles. The predicted molar refractivity (Wildman–Crippen MR) is 77.6 cm³/mol. The standard InChI is InChI=1S/C14H26N4O2/c1-17-8-5-11(9-17)10-18(2)13(19)14(12(15)16-20)6-3-4-7-14/h11,20H,3-10H2,1-2H3,(H2,15,16). The predicted octanol–water partition coefficient (Wildman–Crippen LogP) is 0.703. The summed E-state index contributed by atoms with van der Waals surface area (Å²) in [6, 6.07) is 0. The molecule has 0 aromatic rings. The van der Waals surface area contributed by atoms with Crippen molar-refractivity contribution < 1.29 is 10.0 Å². The first-order chi connectivity index (χ1) is 9.49. The number of oxime groups is 1. The Labute approximate surface area is 120 Å². The van der Waals surface area contributed by atoms with Crippen LogP contribution in [0.4, 0.5) is 0 Å². The summed E-state index contributed by atoms with van der Waals surface area (Å²) in [7, 11) is 3.95. The van der Waals surface area contributed by atoms with E-state index in [4.69, 9.17) is 10.9 Å². The Hall–Kier alpha value is -1.30. The highest BCUT2D eigenvalue weighted by Crippen LogP contribution is 2.40. The number of rotatable bonds is 4. The van der Waals surface area contributed by atoms with Gasteiger partial charge < -0.3 is 20.7 Å². The number of amidine groups is 1. The molecule has 1 heterocycles. The molecule has 1 aliphatic carbocycles. The minimum Gasteiger partial charge on any atom is -0.409 e. The average Bonchev–Trinajstić information content (AvgIpc) is 3.07. The number of carbonyl (C=O) groups excluding carboxylic acids is 1. The second kappa shape index (κ2) is 5.99. The maximum atomic E-state index is 12.8. The van der Waals surface area contributed by atoms with Crippen molar-refractivity contribution in [2.75, 3.05) is 33.7 Å². The van der Waals surface area contributed by atoms with Crippen LogP contribution in [-0.2, 0) is 4.79 Å². The highest BCUT2D eigenvalue weighted by molar-refractivity contribution is 6.06. The molecule has 0 aromatic heterocycles. The van der Waals surface area contributed by atoms with Crippen molar-refractivity contribution in [3.63, 3.8) is 0 Å². The maximum Gasteiger partial charge on any atom is 0.236 e. The number of hydrogen-bond acceptors (Lipinski definition) is 4. The Kier molecular flexibility index (Phi) is 4.52. The van der Waals surface area contributed by atoms with Gasteiger partial charge in [0.25, 0.3) is 0 Å². The zero-order valence-corrected chi connectivity index (χ0v) is 12.5. The van der Waals surface area contributed by atoms with Gasteiger partial charge in [-0.05, 0) is 38.8 Å². The van der Waals surface area contributed by atoms with E-state index in [1.165, 1.54) is 0 Å². The summed E-state index contributed by atoms with van der Waals surface area (Å²) >= 11 is 0. The number of nitrogens with zero attached hydrogens (tertiary/aromatic N) is 3. The van der Waals surface area contributed by atoms with Gasteiger partial charge >= 0.3 is 0 Å². The highest BCUT2D eigenvalue weighted by atomic mass is 16.4. The molecule has 6 nitrogen and oxygen atoms in total. The van der Waals surface area contributed by atoms with Gasteiger partial charge in [0.05, 0.1) is 0 Å². The molecular formula is C14H26N4O2. The van der Waals surface area contributed by atoms with E-state index in [0.29, 0.717) is 18.8 Å². The first-order valence-electron chi connectivity index (χ1n) is 7.41. The molecule has 1 atom stereocenters. The van der Waals surface area contributed by atoms with Crippen LogP contribution in [-0.4, -0.2) is 60.5 Å². The second-order valence-electron chi connectivity index (χ2n) is 6.38. The third-order valence-corrected chi connectivity index (χ3v) is 4.83. The van der Waals surface area contributed by atoms with Crippen LogP contribution in [0.2, 0.25) is 0 Å². The molecule has 114 valence electrons. The molecule has 1 unspecified atom stereocenters. The van der Waals surface area contributed by atoms with Crippen LogP contribution in [0.3, 0.4) is 0 Å². The summed E-state index contributed by atoms with van der Waals surface area (Å²) < 4.78 is 0. The zero-order valence-electron chi connectivity index (χ0n) is 12.5. The minimum absolute atomic E-state index is 0.0138. The Bertz CT molecular complexity index is 391. The van der Waals surface area contributed by atoms with Crippen molar-refractivity contribution in [3.8, 4) is 0 Å². The van der Waals surface area contributed by atoms with Gasteiger partial charge in [-0.3, -0.25) is 4.79 Å². The fourth-order valence-electron chi connectivity index (χ4n) is 3.66. The Morgan fingerprint density at radius 3 is 2.65 bits per heavy atom. The summed E-state index contributed by atoms with van der Waals surface area (Å²) in [5.41, 5.74) is 5.06. The van der Waals surface area contributed by atoms with Crippen molar-refractivity contribution in [1.82, 2.24) is 9.80 Å². The van der Waals surface area contributed by atoms with Gasteiger partial charge in [0.2, 0.25) is 5.91 Å². The molecular weight excluding hydrogens is 256 g/mol. The Morgan fingerprint density at radius 1 is 1.50 bits per heavy atom. The van der Waals surface area contributed by atoms with Crippen molar-refractivity contribution in [2.45, 2.75) is 32.1 Å². The molecule has 20 heavy (non-hydrogen) atoms. The van der Waals surface area contributed by atoms with Crippen molar-refractivity contribution in [2.24, 2.45) is 22.2 Å². The van der Waals surface area contributed by atoms with E-state index in [0.717, 1.165) is 38.9 Å². The second-order valence-corrected chi connectivity index (χ2v) is 6.38. The van der Waals surface area contributed by atoms with Crippen molar-refractivity contribution >= 4 is 11.7 Å². The SMILES string of the molecule is CN1CCC(CN(C)C(=O)C2(C(N)=NO)CCCC2)C1. The number of carbonyl (C=O) groups is 1. The van der Waals surface area contributed by atoms with Crippen LogP contribution in [0.15, 0.2) is 5.16 Å². The van der Waals surface area contributed by atoms with Crippen LogP contribution in [0.5, 0.6) is 0 Å². The van der Waals surface area contributed by atoms with Gasteiger partial charge in [0, 0.05) is 20.1 Å². The third kappa shape index (κ3) is 2.75. The van der Waals surface area contributed by atoms with E-state index in [2.05, 4.69) is 17.1 Å². The number of amides is 1. The molecule has 0 radical (unpaired) electrons. The van der Waals surface area contributed by atoms with Gasteiger partial charge in [-0.1, -0.05) is 18.0 Å². The van der Waals surface area contributed by atoms with E-state index in [9.17, 15) is 4.79 Å². The van der Waals surface area contributed by atoms with E-state index in [-0.39, 0.29) is 11.7 Å². The quantitative estimate of drug-likeness (QED) is 0.344.